The standard InChI is InChI=1S/C21H18F2N2O5/c1-27-17-9-7-14(11-19(17)30-21(22)23)12-24-25-20(26)18-10-8-16(29-18)13-28-15-5-3-2-4-6-15/h2-12,21H,13H2,1H3,(H,25,26)/b24-12-. The molecule has 2 aromatic carbocycles. The van der Waals surface area contributed by atoms with Gasteiger partial charge in [0.05, 0.1) is 13.3 Å². The van der Waals surface area contributed by atoms with E-state index in [1.807, 2.05) is 30.3 Å². The number of hydrogen-bond acceptors (Lipinski definition) is 6. The van der Waals surface area contributed by atoms with Crippen molar-refractivity contribution in [1.82, 2.24) is 5.43 Å². The lowest BCUT2D eigenvalue weighted by atomic mass is 10.2. The maximum atomic E-state index is 12.5. The van der Waals surface area contributed by atoms with E-state index >= 15 is 0 Å². The van der Waals surface area contributed by atoms with Crippen LogP contribution in [0.4, 0.5) is 8.78 Å². The smallest absolute Gasteiger partial charge is 0.387 e. The quantitative estimate of drug-likeness (QED) is 0.417. The molecule has 7 nitrogen and oxygen atoms in total. The highest BCUT2D eigenvalue weighted by Gasteiger charge is 2.12. The lowest BCUT2D eigenvalue weighted by Crippen LogP contribution is -2.16. The van der Waals surface area contributed by atoms with Crippen molar-refractivity contribution >= 4 is 12.1 Å². The monoisotopic (exact) mass is 416 g/mol. The summed E-state index contributed by atoms with van der Waals surface area (Å²) in [6.07, 6.45) is 1.28. The van der Waals surface area contributed by atoms with Crippen molar-refractivity contribution in [3.8, 4) is 17.2 Å². The molecule has 0 fully saturated rings. The third kappa shape index (κ3) is 5.81. The van der Waals surface area contributed by atoms with Crippen LogP contribution in [0.25, 0.3) is 0 Å². The molecule has 0 aliphatic heterocycles. The van der Waals surface area contributed by atoms with Gasteiger partial charge in [-0.2, -0.15) is 13.9 Å². The molecule has 1 heterocycles. The van der Waals surface area contributed by atoms with Gasteiger partial charge in [0.15, 0.2) is 17.3 Å². The van der Waals surface area contributed by atoms with Crippen molar-refractivity contribution in [2.45, 2.75) is 13.2 Å². The summed E-state index contributed by atoms with van der Waals surface area (Å²) in [6.45, 7) is -2.83. The Morgan fingerprint density at radius 1 is 1.13 bits per heavy atom. The number of para-hydroxylation sites is 1. The van der Waals surface area contributed by atoms with Crippen LogP contribution >= 0.6 is 0 Å². The van der Waals surface area contributed by atoms with Gasteiger partial charge in [0.2, 0.25) is 0 Å². The van der Waals surface area contributed by atoms with Gasteiger partial charge in [-0.1, -0.05) is 18.2 Å². The molecule has 156 valence electrons. The molecular formula is C21H18F2N2O5. The summed E-state index contributed by atoms with van der Waals surface area (Å²) >= 11 is 0. The summed E-state index contributed by atoms with van der Waals surface area (Å²) in [5.74, 6) is 0.635. The van der Waals surface area contributed by atoms with Gasteiger partial charge in [-0.05, 0) is 48.0 Å². The Morgan fingerprint density at radius 2 is 1.93 bits per heavy atom. The highest BCUT2D eigenvalue weighted by atomic mass is 19.3. The number of methoxy groups -OCH3 is 1. The molecule has 0 radical (unpaired) electrons. The van der Waals surface area contributed by atoms with Crippen LogP contribution in [-0.4, -0.2) is 25.8 Å². The van der Waals surface area contributed by atoms with E-state index in [0.717, 1.165) is 0 Å². The largest absolute Gasteiger partial charge is 0.493 e. The second kappa shape index (κ2) is 10.1. The van der Waals surface area contributed by atoms with Crippen LogP contribution in [0.1, 0.15) is 21.9 Å². The molecule has 3 rings (SSSR count). The average Bonchev–Trinajstić information content (AvgIpc) is 3.22. The number of alkyl halides is 2. The molecule has 9 heteroatoms. The average molecular weight is 416 g/mol. The summed E-state index contributed by atoms with van der Waals surface area (Å²) in [7, 11) is 1.34. The second-order valence-electron chi connectivity index (χ2n) is 5.86. The SMILES string of the molecule is COc1ccc(/C=N\NC(=O)c2ccc(COc3ccccc3)o2)cc1OC(F)F. The molecule has 0 atom stereocenters. The Balaban J connectivity index is 1.56. The van der Waals surface area contributed by atoms with Crippen LogP contribution in [-0.2, 0) is 6.61 Å². The molecule has 0 saturated carbocycles. The maximum Gasteiger partial charge on any atom is 0.387 e. The molecule has 0 aliphatic rings. The maximum absolute atomic E-state index is 12.5. The fraction of sp³-hybridized carbons (Fsp3) is 0.143. The fourth-order valence-electron chi connectivity index (χ4n) is 2.43. The minimum Gasteiger partial charge on any atom is -0.493 e. The van der Waals surface area contributed by atoms with Crippen LogP contribution in [0.3, 0.4) is 0 Å². The van der Waals surface area contributed by atoms with Crippen LogP contribution in [0.2, 0.25) is 0 Å². The number of hydrogen-bond donors (Lipinski definition) is 1. The molecule has 0 bridgehead atoms. The molecule has 0 unspecified atom stereocenters. The van der Waals surface area contributed by atoms with E-state index in [1.54, 1.807) is 12.1 Å². The van der Waals surface area contributed by atoms with Gasteiger partial charge in [-0.25, -0.2) is 5.43 Å². The van der Waals surface area contributed by atoms with E-state index in [1.165, 1.54) is 31.5 Å². The van der Waals surface area contributed by atoms with Gasteiger partial charge in [-0.3, -0.25) is 4.79 Å². The van der Waals surface area contributed by atoms with Crippen LogP contribution in [0.15, 0.2) is 70.2 Å². The number of furan rings is 1. The number of rotatable bonds is 9. The van der Waals surface area contributed by atoms with Crippen molar-refractivity contribution in [2.75, 3.05) is 7.11 Å². The Morgan fingerprint density at radius 3 is 2.67 bits per heavy atom. The first-order chi connectivity index (χ1) is 14.5. The van der Waals surface area contributed by atoms with Gasteiger partial charge in [0.25, 0.3) is 0 Å². The van der Waals surface area contributed by atoms with Crippen molar-refractivity contribution in [3.05, 3.63) is 77.7 Å². The fourth-order valence-corrected chi connectivity index (χ4v) is 2.43. The number of halogens is 2. The highest BCUT2D eigenvalue weighted by molar-refractivity contribution is 5.92. The van der Waals surface area contributed by atoms with Gasteiger partial charge in [0.1, 0.15) is 18.1 Å². The molecule has 30 heavy (non-hydrogen) atoms. The zero-order chi connectivity index (χ0) is 21.3. The minimum atomic E-state index is -3.00. The first-order valence-electron chi connectivity index (χ1n) is 8.78. The molecule has 1 N–H and O–H groups in total. The first kappa shape index (κ1) is 20.8. The summed E-state index contributed by atoms with van der Waals surface area (Å²) in [5.41, 5.74) is 2.72. The lowest BCUT2D eigenvalue weighted by molar-refractivity contribution is -0.0512. The number of carbonyl (C=O) groups excluding carboxylic acids is 1. The van der Waals surface area contributed by atoms with Gasteiger partial charge < -0.3 is 18.6 Å². The molecule has 0 aliphatic carbocycles. The highest BCUT2D eigenvalue weighted by Crippen LogP contribution is 2.29. The molecule has 1 amide bonds. The number of carbonyl (C=O) groups is 1. The predicted octanol–water partition coefficient (Wildman–Crippen LogP) is 4.23. The molecule has 0 saturated heterocycles. The first-order valence-corrected chi connectivity index (χ1v) is 8.78. The summed E-state index contributed by atoms with van der Waals surface area (Å²) in [5, 5.41) is 3.80. The molecule has 3 aromatic rings. The van der Waals surface area contributed by atoms with E-state index < -0.39 is 12.5 Å². The number of hydrazone groups is 1. The number of nitrogens with zero attached hydrogens (tertiary/aromatic N) is 1. The van der Waals surface area contributed by atoms with Crippen molar-refractivity contribution < 1.29 is 32.2 Å². The normalized spacial score (nSPS) is 10.9. The summed E-state index contributed by atoms with van der Waals surface area (Å²) in [6, 6.07) is 16.6. The number of benzene rings is 2. The zero-order valence-electron chi connectivity index (χ0n) is 15.9. The number of amides is 1. The Hall–Kier alpha value is -3.88. The second-order valence-corrected chi connectivity index (χ2v) is 5.86. The predicted molar refractivity (Wildman–Crippen MR) is 104 cm³/mol. The van der Waals surface area contributed by atoms with E-state index in [0.29, 0.717) is 17.1 Å². The Kier molecular flexibility index (Phi) is 6.99. The van der Waals surface area contributed by atoms with E-state index in [4.69, 9.17) is 13.9 Å². The summed E-state index contributed by atoms with van der Waals surface area (Å²) in [4.78, 5) is 12.1. The third-order valence-electron chi connectivity index (χ3n) is 3.79. The Labute approximate surface area is 170 Å². The topological polar surface area (TPSA) is 82.3 Å². The zero-order valence-corrected chi connectivity index (χ0v) is 15.9. The van der Waals surface area contributed by atoms with Crippen LogP contribution in [0.5, 0.6) is 17.2 Å². The number of ether oxygens (including phenoxy) is 3. The van der Waals surface area contributed by atoms with Crippen molar-refractivity contribution in [1.29, 1.82) is 0 Å². The van der Waals surface area contributed by atoms with Crippen LogP contribution in [0, 0.1) is 0 Å². The summed E-state index contributed by atoms with van der Waals surface area (Å²) < 4.78 is 45.3. The van der Waals surface area contributed by atoms with E-state index in [2.05, 4.69) is 15.3 Å². The third-order valence-corrected chi connectivity index (χ3v) is 3.79. The lowest BCUT2D eigenvalue weighted by Gasteiger charge is -2.10. The minimum absolute atomic E-state index is 0.0512. The van der Waals surface area contributed by atoms with Gasteiger partial charge in [-0.15, -0.1) is 0 Å². The van der Waals surface area contributed by atoms with Gasteiger partial charge >= 0.3 is 12.5 Å². The van der Waals surface area contributed by atoms with E-state index in [9.17, 15) is 13.6 Å². The molecular weight excluding hydrogens is 398 g/mol. The molecule has 0 spiro atoms. The van der Waals surface area contributed by atoms with Crippen molar-refractivity contribution in [3.63, 3.8) is 0 Å². The number of nitrogens with one attached hydrogen (secondary N) is 1. The van der Waals surface area contributed by atoms with Crippen LogP contribution < -0.4 is 19.6 Å². The van der Waals surface area contributed by atoms with Gasteiger partial charge in [0, 0.05) is 0 Å². The Bertz CT molecular complexity index is 1010. The van der Waals surface area contributed by atoms with Crippen molar-refractivity contribution in [2.24, 2.45) is 5.10 Å². The van der Waals surface area contributed by atoms with E-state index in [-0.39, 0.29) is 23.9 Å². The molecule has 1 aromatic heterocycles.